The molecule has 0 spiro atoms. The maximum Gasteiger partial charge on any atom is 0.330 e. The third-order valence-corrected chi connectivity index (χ3v) is 7.87. The normalized spacial score (nSPS) is 13.6. The van der Waals surface area contributed by atoms with Crippen LogP contribution in [0.2, 0.25) is 0 Å². The molecule has 0 aromatic carbocycles. The molecule has 0 aromatic heterocycles. The highest BCUT2D eigenvalue weighted by Crippen LogP contribution is 2.49. The smallest absolute Gasteiger partial charge is 0.309 e. The highest BCUT2D eigenvalue weighted by molar-refractivity contribution is 7.53. The molecule has 30 heavy (non-hydrogen) atoms. The zero-order valence-corrected chi connectivity index (χ0v) is 21.8. The summed E-state index contributed by atoms with van der Waals surface area (Å²) in [5.74, 6) is 0. The van der Waals surface area contributed by atoms with Gasteiger partial charge in [0.25, 0.3) is 0 Å². The first-order valence-corrected chi connectivity index (χ1v) is 15.3. The minimum Gasteiger partial charge on any atom is -0.309 e. The van der Waals surface area contributed by atoms with Gasteiger partial charge in [-0.2, -0.15) is 0 Å². The molecule has 0 aliphatic heterocycles. The molecule has 0 heterocycles. The molecule has 0 radical (unpaired) electrons. The van der Waals surface area contributed by atoms with Crippen LogP contribution in [0.1, 0.15) is 149 Å². The minimum absolute atomic E-state index is 0.577. The van der Waals surface area contributed by atoms with Gasteiger partial charge in [-0.25, -0.2) is 0 Å². The summed E-state index contributed by atoms with van der Waals surface area (Å²) in [6.07, 6.45) is 26.1. The predicted octanol–water partition coefficient (Wildman–Crippen LogP) is 10.1. The fraction of sp³-hybridized carbons (Fsp3) is 1.00. The first-order chi connectivity index (χ1) is 14.7. The lowest BCUT2D eigenvalue weighted by molar-refractivity contribution is 0.197. The van der Waals surface area contributed by atoms with Crippen molar-refractivity contribution in [2.75, 3.05) is 19.4 Å². The van der Waals surface area contributed by atoms with Gasteiger partial charge in [-0.15, -0.1) is 0 Å². The number of hydrogen-bond acceptors (Lipinski definition) is 3. The van der Waals surface area contributed by atoms with Crippen LogP contribution in [0.4, 0.5) is 0 Å². The van der Waals surface area contributed by atoms with Crippen molar-refractivity contribution < 1.29 is 13.6 Å². The molecule has 1 unspecified atom stereocenters. The Kier molecular flexibility index (Phi) is 23.9. The Balaban J connectivity index is 3.50. The van der Waals surface area contributed by atoms with Crippen LogP contribution >= 0.6 is 7.60 Å². The Morgan fingerprint density at radius 1 is 0.433 bits per heavy atom. The Hall–Kier alpha value is 0.150. The summed E-state index contributed by atoms with van der Waals surface area (Å²) in [7, 11) is -2.86. The molecular formula is C26H55O3P. The molecule has 0 fully saturated rings. The summed E-state index contributed by atoms with van der Waals surface area (Å²) in [6.45, 7) is 7.74. The van der Waals surface area contributed by atoms with E-state index in [0.717, 1.165) is 38.5 Å². The average molecular weight is 447 g/mol. The van der Waals surface area contributed by atoms with Gasteiger partial charge in [-0.1, -0.05) is 130 Å². The van der Waals surface area contributed by atoms with Crippen molar-refractivity contribution >= 4 is 7.60 Å². The Bertz CT molecular complexity index is 373. The van der Waals surface area contributed by atoms with E-state index in [1.807, 2.05) is 0 Å². The van der Waals surface area contributed by atoms with E-state index in [4.69, 9.17) is 9.05 Å². The number of rotatable bonds is 25. The second-order valence-electron chi connectivity index (χ2n) is 9.01. The van der Waals surface area contributed by atoms with Gasteiger partial charge in [0, 0.05) is 0 Å². The highest BCUT2D eigenvalue weighted by Gasteiger charge is 2.23. The number of hydrogen-bond donors (Lipinski definition) is 0. The zero-order valence-electron chi connectivity index (χ0n) is 20.9. The lowest BCUT2D eigenvalue weighted by Crippen LogP contribution is -2.03. The summed E-state index contributed by atoms with van der Waals surface area (Å²) in [5, 5.41) is 0. The van der Waals surface area contributed by atoms with Gasteiger partial charge in [0.05, 0.1) is 19.4 Å². The van der Waals surface area contributed by atoms with E-state index in [-0.39, 0.29) is 0 Å². The lowest BCUT2D eigenvalue weighted by Gasteiger charge is -2.18. The molecule has 0 saturated carbocycles. The second-order valence-corrected chi connectivity index (χ2v) is 11.2. The van der Waals surface area contributed by atoms with Crippen molar-refractivity contribution in [1.29, 1.82) is 0 Å². The van der Waals surface area contributed by atoms with Crippen molar-refractivity contribution in [2.45, 2.75) is 149 Å². The molecule has 3 nitrogen and oxygen atoms in total. The molecule has 0 amide bonds. The first-order valence-electron chi connectivity index (χ1n) is 13.6. The fourth-order valence-corrected chi connectivity index (χ4v) is 5.60. The largest absolute Gasteiger partial charge is 0.330 e. The molecule has 182 valence electrons. The highest BCUT2D eigenvalue weighted by atomic mass is 31.2. The van der Waals surface area contributed by atoms with Gasteiger partial charge in [0.15, 0.2) is 0 Å². The van der Waals surface area contributed by atoms with Crippen molar-refractivity contribution in [3.63, 3.8) is 0 Å². The molecule has 0 rings (SSSR count). The van der Waals surface area contributed by atoms with Gasteiger partial charge in [0.2, 0.25) is 0 Å². The minimum atomic E-state index is -2.86. The van der Waals surface area contributed by atoms with Gasteiger partial charge in [-0.3, -0.25) is 4.57 Å². The van der Waals surface area contributed by atoms with Crippen LogP contribution in [0.25, 0.3) is 0 Å². The summed E-state index contributed by atoms with van der Waals surface area (Å²) in [5.41, 5.74) is 0. The predicted molar refractivity (Wildman–Crippen MR) is 134 cm³/mol. The summed E-state index contributed by atoms with van der Waals surface area (Å²) >= 11 is 0. The molecule has 0 N–H and O–H groups in total. The third kappa shape index (κ3) is 21.4. The average Bonchev–Trinajstić information content (AvgIpc) is 2.75. The van der Waals surface area contributed by atoms with Crippen molar-refractivity contribution in [3.8, 4) is 0 Å². The van der Waals surface area contributed by atoms with E-state index in [2.05, 4.69) is 20.8 Å². The number of unbranched alkanes of at least 4 members (excludes halogenated alkanes) is 17. The SMILES string of the molecule is CCCCCCCCCCCCCCCCCOP(=O)(CCCC)OCCCCC. The first kappa shape index (κ1) is 30.1. The topological polar surface area (TPSA) is 35.5 Å². The van der Waals surface area contributed by atoms with Crippen LogP contribution in [0, 0.1) is 0 Å². The fourth-order valence-electron chi connectivity index (χ4n) is 3.75. The molecule has 4 heteroatoms. The molecular weight excluding hydrogens is 391 g/mol. The summed E-state index contributed by atoms with van der Waals surface area (Å²) in [4.78, 5) is 0. The van der Waals surface area contributed by atoms with Crippen molar-refractivity contribution in [1.82, 2.24) is 0 Å². The Morgan fingerprint density at radius 3 is 1.13 bits per heavy atom. The third-order valence-electron chi connectivity index (χ3n) is 5.86. The molecule has 0 bridgehead atoms. The lowest BCUT2D eigenvalue weighted by atomic mass is 10.0. The van der Waals surface area contributed by atoms with Crippen LogP contribution < -0.4 is 0 Å². The van der Waals surface area contributed by atoms with E-state index in [0.29, 0.717) is 19.4 Å². The summed E-state index contributed by atoms with van der Waals surface area (Å²) in [6, 6.07) is 0. The Morgan fingerprint density at radius 2 is 0.733 bits per heavy atom. The van der Waals surface area contributed by atoms with E-state index in [1.54, 1.807) is 0 Å². The van der Waals surface area contributed by atoms with Crippen molar-refractivity contribution in [3.05, 3.63) is 0 Å². The summed E-state index contributed by atoms with van der Waals surface area (Å²) < 4.78 is 24.3. The Labute approximate surface area is 190 Å². The van der Waals surface area contributed by atoms with Gasteiger partial charge in [0.1, 0.15) is 0 Å². The van der Waals surface area contributed by atoms with Gasteiger partial charge < -0.3 is 9.05 Å². The maximum absolute atomic E-state index is 12.8. The van der Waals surface area contributed by atoms with E-state index < -0.39 is 7.60 Å². The van der Waals surface area contributed by atoms with E-state index in [9.17, 15) is 4.57 Å². The second kappa shape index (κ2) is 23.8. The van der Waals surface area contributed by atoms with Crippen LogP contribution in [-0.4, -0.2) is 19.4 Å². The van der Waals surface area contributed by atoms with Crippen LogP contribution in [0.3, 0.4) is 0 Å². The monoisotopic (exact) mass is 446 g/mol. The zero-order chi connectivity index (χ0) is 22.2. The maximum atomic E-state index is 12.8. The van der Waals surface area contributed by atoms with E-state index in [1.165, 1.54) is 89.9 Å². The molecule has 0 aliphatic carbocycles. The van der Waals surface area contributed by atoms with Crippen LogP contribution in [0.5, 0.6) is 0 Å². The molecule has 1 atom stereocenters. The molecule has 0 aromatic rings. The van der Waals surface area contributed by atoms with Crippen LogP contribution in [0.15, 0.2) is 0 Å². The molecule has 0 saturated heterocycles. The van der Waals surface area contributed by atoms with Gasteiger partial charge >= 0.3 is 7.60 Å². The van der Waals surface area contributed by atoms with Crippen LogP contribution in [-0.2, 0) is 13.6 Å². The van der Waals surface area contributed by atoms with Gasteiger partial charge in [-0.05, 0) is 19.3 Å². The van der Waals surface area contributed by atoms with Crippen molar-refractivity contribution in [2.24, 2.45) is 0 Å². The van der Waals surface area contributed by atoms with E-state index >= 15 is 0 Å². The standard InChI is InChI=1S/C26H55O3P/c1-4-7-10-11-12-13-14-15-16-17-18-19-20-21-23-25-29-30(27,26-9-6-3)28-24-22-8-5-2/h4-26H2,1-3H3. The quantitative estimate of drug-likeness (QED) is 0.103. The molecule has 0 aliphatic rings.